The van der Waals surface area contributed by atoms with Crippen molar-refractivity contribution in [1.82, 2.24) is 0 Å². The van der Waals surface area contributed by atoms with Gasteiger partial charge in [0.15, 0.2) is 11.6 Å². The molecule has 0 atom stereocenters. The van der Waals surface area contributed by atoms with E-state index in [1.807, 2.05) is 27.7 Å². The average molecular weight is 411 g/mol. The third kappa shape index (κ3) is 3.34. The molecule has 2 aliphatic rings. The lowest BCUT2D eigenvalue weighted by Gasteiger charge is -2.32. The molecule has 4 rings (SSSR count). The Balaban J connectivity index is 1.87. The van der Waals surface area contributed by atoms with E-state index in [1.54, 1.807) is 18.2 Å². The van der Waals surface area contributed by atoms with Crippen molar-refractivity contribution in [3.63, 3.8) is 0 Å². The van der Waals surface area contributed by atoms with Crippen LogP contribution in [-0.4, -0.2) is 30.1 Å². The number of nitrogens with two attached hydrogens (primary N) is 1. The van der Waals surface area contributed by atoms with E-state index < -0.39 is 24.1 Å². The van der Waals surface area contributed by atoms with E-state index in [9.17, 15) is 9.18 Å². The van der Waals surface area contributed by atoms with Crippen LogP contribution in [-0.2, 0) is 14.1 Å². The van der Waals surface area contributed by atoms with E-state index in [-0.39, 0.29) is 23.2 Å². The van der Waals surface area contributed by atoms with Gasteiger partial charge in [-0.3, -0.25) is 4.79 Å². The maximum Gasteiger partial charge on any atom is 0.495 e. The number of rotatable bonds is 2. The van der Waals surface area contributed by atoms with Crippen LogP contribution in [0.25, 0.3) is 0 Å². The summed E-state index contributed by atoms with van der Waals surface area (Å²) < 4.78 is 32.6. The predicted molar refractivity (Wildman–Crippen MR) is 113 cm³/mol. The van der Waals surface area contributed by atoms with Crippen molar-refractivity contribution in [1.29, 1.82) is 0 Å². The van der Waals surface area contributed by atoms with Crippen LogP contribution in [0.5, 0.6) is 11.5 Å². The summed E-state index contributed by atoms with van der Waals surface area (Å²) in [6.07, 6.45) is 0. The summed E-state index contributed by atoms with van der Waals surface area (Å²) in [4.78, 5) is 16.0. The fourth-order valence-corrected chi connectivity index (χ4v) is 3.37. The van der Waals surface area contributed by atoms with Gasteiger partial charge in [-0.05, 0) is 57.4 Å². The molecule has 2 aromatic rings. The number of fused-ring (bicyclic) bond motifs is 2. The first-order valence-electron chi connectivity index (χ1n) is 9.60. The molecule has 1 saturated heterocycles. The largest absolute Gasteiger partial charge is 0.495 e. The third-order valence-electron chi connectivity index (χ3n) is 5.62. The summed E-state index contributed by atoms with van der Waals surface area (Å²) in [5.41, 5.74) is 6.46. The highest BCUT2D eigenvalue weighted by atomic mass is 19.1. The van der Waals surface area contributed by atoms with Gasteiger partial charge in [-0.25, -0.2) is 9.38 Å². The van der Waals surface area contributed by atoms with Crippen molar-refractivity contribution in [3.8, 4) is 11.5 Å². The minimum atomic E-state index is -0.690. The Kier molecular flexibility index (Phi) is 4.63. The fourth-order valence-electron chi connectivity index (χ4n) is 3.37. The Bertz CT molecular complexity index is 1070. The van der Waals surface area contributed by atoms with Crippen LogP contribution >= 0.6 is 0 Å². The highest BCUT2D eigenvalue weighted by Crippen LogP contribution is 2.41. The lowest BCUT2D eigenvalue weighted by molar-refractivity contribution is -0.114. The number of nitrogens with one attached hydrogen (secondary N) is 1. The molecule has 30 heavy (non-hydrogen) atoms. The second-order valence-electron chi connectivity index (χ2n) is 8.40. The predicted octanol–water partition coefficient (Wildman–Crippen LogP) is 3.23. The molecule has 0 radical (unpaired) electrons. The van der Waals surface area contributed by atoms with Crippen LogP contribution in [0.4, 0.5) is 15.8 Å². The Labute approximate surface area is 174 Å². The van der Waals surface area contributed by atoms with Gasteiger partial charge in [0.05, 0.1) is 22.5 Å². The molecular weight excluding hydrogens is 388 g/mol. The molecule has 1 fully saturated rings. The number of halogens is 1. The Morgan fingerprint density at radius 1 is 1.13 bits per heavy atom. The zero-order valence-electron chi connectivity index (χ0n) is 17.5. The minimum Gasteiger partial charge on any atom is -0.454 e. The Hall–Kier alpha value is -2.91. The number of ether oxygens (including phenoxy) is 1. The normalized spacial score (nSPS) is 18.6. The molecule has 7 nitrogen and oxygen atoms in total. The molecule has 0 unspecified atom stereocenters. The Morgan fingerprint density at radius 2 is 1.80 bits per heavy atom. The molecule has 0 aliphatic carbocycles. The van der Waals surface area contributed by atoms with Crippen LogP contribution in [0.3, 0.4) is 0 Å². The highest BCUT2D eigenvalue weighted by molar-refractivity contribution is 6.62. The van der Waals surface area contributed by atoms with Crippen LogP contribution in [0, 0.1) is 5.82 Å². The molecule has 0 aromatic heterocycles. The van der Waals surface area contributed by atoms with Crippen molar-refractivity contribution in [2.75, 3.05) is 5.32 Å². The van der Waals surface area contributed by atoms with Gasteiger partial charge < -0.3 is 25.1 Å². The summed E-state index contributed by atoms with van der Waals surface area (Å²) in [5.74, 6) is -0.300. The molecule has 2 aromatic carbocycles. The van der Waals surface area contributed by atoms with Crippen molar-refractivity contribution in [3.05, 3.63) is 41.7 Å². The highest BCUT2D eigenvalue weighted by Gasteiger charge is 2.52. The quantitative estimate of drug-likeness (QED) is 0.740. The monoisotopic (exact) mass is 411 g/mol. The molecule has 0 bridgehead atoms. The number of nitrogens with zero attached hydrogens (tertiary/aromatic N) is 1. The average Bonchev–Trinajstić information content (AvgIpc) is 2.75. The van der Waals surface area contributed by atoms with E-state index in [4.69, 9.17) is 19.8 Å². The number of para-hydroxylation sites is 1. The molecular formula is C21H23BFN3O4. The van der Waals surface area contributed by atoms with Gasteiger partial charge in [0, 0.05) is 6.92 Å². The van der Waals surface area contributed by atoms with E-state index >= 15 is 0 Å². The number of hydrogen-bond donors (Lipinski definition) is 2. The van der Waals surface area contributed by atoms with Gasteiger partial charge in [-0.2, -0.15) is 0 Å². The topological polar surface area (TPSA) is 95.2 Å². The second-order valence-corrected chi connectivity index (χ2v) is 8.40. The number of amides is 1. The number of benzene rings is 2. The second kappa shape index (κ2) is 6.82. The zero-order chi connectivity index (χ0) is 21.8. The summed E-state index contributed by atoms with van der Waals surface area (Å²) in [7, 11) is -0.690. The van der Waals surface area contributed by atoms with E-state index in [1.165, 1.54) is 19.1 Å². The van der Waals surface area contributed by atoms with Crippen molar-refractivity contribution < 1.29 is 23.2 Å². The van der Waals surface area contributed by atoms with Gasteiger partial charge in [-0.15, -0.1) is 0 Å². The van der Waals surface area contributed by atoms with Crippen molar-refractivity contribution in [2.24, 2.45) is 10.7 Å². The minimum absolute atomic E-state index is 0.00263. The molecule has 1 amide bonds. The number of carbonyl (C=O) groups excluding carboxylic acids is 1. The number of amidine groups is 1. The fraction of sp³-hybridized carbons (Fsp3) is 0.333. The zero-order valence-corrected chi connectivity index (χ0v) is 17.5. The molecule has 3 N–H and O–H groups in total. The van der Waals surface area contributed by atoms with Gasteiger partial charge in [0.25, 0.3) is 0 Å². The first kappa shape index (κ1) is 20.4. The maximum absolute atomic E-state index is 14.3. The maximum atomic E-state index is 14.3. The molecule has 2 heterocycles. The van der Waals surface area contributed by atoms with Gasteiger partial charge in [0.1, 0.15) is 17.3 Å². The SMILES string of the molecule is CC(=O)Nc1cc(B2OC(C)(C)C(C)(C)O2)cc2c1C(N)=Nc1c(F)cccc1O2. The number of aliphatic imine (C=N–C) groups is 1. The lowest BCUT2D eigenvalue weighted by Crippen LogP contribution is -2.41. The van der Waals surface area contributed by atoms with E-state index in [0.29, 0.717) is 22.5 Å². The van der Waals surface area contributed by atoms with Crippen molar-refractivity contribution in [2.45, 2.75) is 45.8 Å². The van der Waals surface area contributed by atoms with E-state index in [2.05, 4.69) is 10.3 Å². The first-order valence-corrected chi connectivity index (χ1v) is 9.60. The molecule has 0 saturated carbocycles. The van der Waals surface area contributed by atoms with Crippen LogP contribution in [0.15, 0.2) is 35.3 Å². The summed E-state index contributed by atoms with van der Waals surface area (Å²) in [6.45, 7) is 9.18. The van der Waals surface area contributed by atoms with Gasteiger partial charge in [0.2, 0.25) is 5.91 Å². The number of hydrogen-bond acceptors (Lipinski definition) is 6. The van der Waals surface area contributed by atoms with E-state index in [0.717, 1.165) is 0 Å². The Morgan fingerprint density at radius 3 is 2.43 bits per heavy atom. The van der Waals surface area contributed by atoms with Crippen LogP contribution in [0.2, 0.25) is 0 Å². The first-order chi connectivity index (χ1) is 14.0. The molecule has 2 aliphatic heterocycles. The standard InChI is InChI=1S/C21H23BFN3O4/c1-11(27)25-14-9-12(22-29-20(2,3)21(4,5)30-22)10-16-17(14)19(24)26-18-13(23)7-6-8-15(18)28-16/h6-10H,1-5H3,(H2,24,26)(H,25,27). The lowest BCUT2D eigenvalue weighted by atomic mass is 9.78. The molecule has 0 spiro atoms. The third-order valence-corrected chi connectivity index (χ3v) is 5.62. The van der Waals surface area contributed by atoms with Crippen LogP contribution in [0.1, 0.15) is 40.2 Å². The summed E-state index contributed by atoms with van der Waals surface area (Å²) in [5, 5.41) is 2.75. The molecule has 9 heteroatoms. The van der Waals surface area contributed by atoms with Gasteiger partial charge in [-0.1, -0.05) is 6.07 Å². The van der Waals surface area contributed by atoms with Gasteiger partial charge >= 0.3 is 7.12 Å². The smallest absolute Gasteiger partial charge is 0.454 e. The number of anilines is 1. The summed E-state index contributed by atoms with van der Waals surface area (Å²) >= 11 is 0. The van der Waals surface area contributed by atoms with Crippen LogP contribution < -0.4 is 21.3 Å². The molecule has 156 valence electrons. The summed E-state index contributed by atoms with van der Waals surface area (Å²) in [6, 6.07) is 7.83. The number of carbonyl (C=O) groups is 1. The van der Waals surface area contributed by atoms with Crippen molar-refractivity contribution >= 4 is 35.7 Å².